The lowest BCUT2D eigenvalue weighted by molar-refractivity contribution is 0.289. The highest BCUT2D eigenvalue weighted by Crippen LogP contribution is 2.33. The number of piperidine rings is 1. The molecule has 1 saturated heterocycles. The summed E-state index contributed by atoms with van der Waals surface area (Å²) in [5.41, 5.74) is 3.27. The van der Waals surface area contributed by atoms with Crippen LogP contribution in [0.15, 0.2) is 34.5 Å². The third-order valence-electron chi connectivity index (χ3n) is 5.53. The van der Waals surface area contributed by atoms with E-state index in [1.165, 1.54) is 17.3 Å². The van der Waals surface area contributed by atoms with Crippen molar-refractivity contribution in [2.75, 3.05) is 27.2 Å². The number of aromatic nitrogens is 2. The molecule has 7 nitrogen and oxygen atoms in total. The van der Waals surface area contributed by atoms with E-state index in [1.807, 2.05) is 14.1 Å². The zero-order valence-corrected chi connectivity index (χ0v) is 17.0. The Morgan fingerprint density at radius 3 is 2.38 bits per heavy atom. The van der Waals surface area contributed by atoms with E-state index in [-0.39, 0.29) is 6.17 Å². The summed E-state index contributed by atoms with van der Waals surface area (Å²) in [4.78, 5) is 2.45. The fourth-order valence-corrected chi connectivity index (χ4v) is 5.34. The van der Waals surface area contributed by atoms with E-state index in [1.54, 1.807) is 23.0 Å². The molecule has 0 aliphatic carbocycles. The lowest BCUT2D eigenvalue weighted by Gasteiger charge is -2.35. The Morgan fingerprint density at radius 1 is 1.23 bits per heavy atom. The van der Waals surface area contributed by atoms with Gasteiger partial charge in [-0.25, -0.2) is 8.42 Å². The summed E-state index contributed by atoms with van der Waals surface area (Å²) < 4.78 is 29.0. The number of likely N-dealkylation sites (N-methyl/N-ethyl adjacent to an activating group) is 1. The molecule has 144 valence electrons. The summed E-state index contributed by atoms with van der Waals surface area (Å²) in [5.74, 6) is 0.392. The maximum absolute atomic E-state index is 12.9. The van der Waals surface area contributed by atoms with E-state index >= 15 is 0 Å². The Balaban J connectivity index is 1.68. The smallest absolute Gasteiger partial charge is 0.246 e. The molecule has 26 heavy (non-hydrogen) atoms. The van der Waals surface area contributed by atoms with E-state index in [0.717, 1.165) is 12.8 Å². The van der Waals surface area contributed by atoms with Crippen molar-refractivity contribution in [2.45, 2.75) is 37.8 Å². The highest BCUT2D eigenvalue weighted by molar-refractivity contribution is 7.89. The molecule has 0 amide bonds. The predicted molar refractivity (Wildman–Crippen MR) is 102 cm³/mol. The minimum Gasteiger partial charge on any atom is -0.372 e. The Bertz CT molecular complexity index is 830. The Hall–Kier alpha value is -1.64. The lowest BCUT2D eigenvalue weighted by atomic mass is 9.85. The van der Waals surface area contributed by atoms with Crippen LogP contribution in [0.25, 0.3) is 0 Å². The van der Waals surface area contributed by atoms with Gasteiger partial charge in [-0.05, 0) is 63.9 Å². The quantitative estimate of drug-likeness (QED) is 0.857. The fourth-order valence-electron chi connectivity index (χ4n) is 3.69. The van der Waals surface area contributed by atoms with Crippen LogP contribution in [0.1, 0.15) is 25.5 Å². The lowest BCUT2D eigenvalue weighted by Crippen LogP contribution is -2.42. The van der Waals surface area contributed by atoms with Gasteiger partial charge in [-0.15, -0.1) is 0 Å². The standard InChI is InChI=1S/C18H29N5O2S/c1-13-10-18(21(3)4)19-11-16(13)15-6-8-23(9-7-15)26(24,25)17-12-20-22(5)14(17)2/h10-12,15,18-19H,6-9H2,1-5H3. The molecule has 1 fully saturated rings. The summed E-state index contributed by atoms with van der Waals surface area (Å²) in [6.07, 6.45) is 7.69. The van der Waals surface area contributed by atoms with Crippen molar-refractivity contribution in [3.8, 4) is 0 Å². The van der Waals surface area contributed by atoms with Crippen molar-refractivity contribution in [3.05, 3.63) is 35.3 Å². The average Bonchev–Trinajstić information content (AvgIpc) is 2.94. The van der Waals surface area contributed by atoms with Crippen molar-refractivity contribution in [2.24, 2.45) is 13.0 Å². The highest BCUT2D eigenvalue weighted by atomic mass is 32.2. The second-order valence-electron chi connectivity index (χ2n) is 7.42. The van der Waals surface area contributed by atoms with Crippen LogP contribution in [0, 0.1) is 12.8 Å². The number of nitrogens with one attached hydrogen (secondary N) is 1. The van der Waals surface area contributed by atoms with Gasteiger partial charge < -0.3 is 5.32 Å². The molecule has 0 saturated carbocycles. The summed E-state index contributed by atoms with van der Waals surface area (Å²) in [7, 11) is 2.39. The molecule has 1 N–H and O–H groups in total. The molecule has 1 unspecified atom stereocenters. The number of allylic oxidation sites excluding steroid dienone is 2. The Morgan fingerprint density at radius 2 is 1.88 bits per heavy atom. The SMILES string of the molecule is CC1=CC(N(C)C)NC=C1C1CCN(S(=O)(=O)c2cnn(C)c2C)CC1. The van der Waals surface area contributed by atoms with Crippen LogP contribution in [0.2, 0.25) is 0 Å². The van der Waals surface area contributed by atoms with Crippen LogP contribution in [0.4, 0.5) is 0 Å². The first kappa shape index (κ1) is 19.1. The monoisotopic (exact) mass is 379 g/mol. The van der Waals surface area contributed by atoms with Crippen LogP contribution in [0.3, 0.4) is 0 Å². The van der Waals surface area contributed by atoms with Gasteiger partial charge in [-0.2, -0.15) is 9.40 Å². The zero-order valence-electron chi connectivity index (χ0n) is 16.2. The molecule has 2 aliphatic heterocycles. The van der Waals surface area contributed by atoms with Crippen LogP contribution in [-0.4, -0.2) is 60.8 Å². The van der Waals surface area contributed by atoms with Crippen molar-refractivity contribution in [3.63, 3.8) is 0 Å². The summed E-state index contributed by atoms with van der Waals surface area (Å²) in [5, 5.41) is 7.50. The topological polar surface area (TPSA) is 70.5 Å². The van der Waals surface area contributed by atoms with Gasteiger partial charge in [0.15, 0.2) is 0 Å². The minimum atomic E-state index is -3.47. The van der Waals surface area contributed by atoms with E-state index in [0.29, 0.717) is 29.6 Å². The normalized spacial score (nSPS) is 22.9. The van der Waals surface area contributed by atoms with E-state index in [9.17, 15) is 8.42 Å². The van der Waals surface area contributed by atoms with Gasteiger partial charge in [0.1, 0.15) is 4.90 Å². The van der Waals surface area contributed by atoms with Gasteiger partial charge in [-0.1, -0.05) is 0 Å². The van der Waals surface area contributed by atoms with Gasteiger partial charge >= 0.3 is 0 Å². The third kappa shape index (κ3) is 3.45. The molecule has 1 aromatic heterocycles. The van der Waals surface area contributed by atoms with Crippen molar-refractivity contribution >= 4 is 10.0 Å². The first-order valence-corrected chi connectivity index (χ1v) is 10.5. The molecule has 3 rings (SSSR count). The van der Waals surface area contributed by atoms with Crippen molar-refractivity contribution in [1.82, 2.24) is 24.3 Å². The van der Waals surface area contributed by atoms with Gasteiger partial charge in [0.25, 0.3) is 0 Å². The first-order chi connectivity index (χ1) is 12.2. The Kier molecular flexibility index (Phi) is 5.28. The van der Waals surface area contributed by atoms with E-state index in [2.05, 4.69) is 34.5 Å². The number of dihydropyridines is 1. The van der Waals surface area contributed by atoms with Crippen LogP contribution in [0.5, 0.6) is 0 Å². The van der Waals surface area contributed by atoms with Crippen LogP contribution in [-0.2, 0) is 17.1 Å². The van der Waals surface area contributed by atoms with Crippen molar-refractivity contribution < 1.29 is 8.42 Å². The van der Waals surface area contributed by atoms with Gasteiger partial charge in [-0.3, -0.25) is 9.58 Å². The number of hydrogen-bond acceptors (Lipinski definition) is 5. The average molecular weight is 380 g/mol. The number of nitrogens with zero attached hydrogens (tertiary/aromatic N) is 4. The van der Waals surface area contributed by atoms with Gasteiger partial charge in [0.05, 0.1) is 18.1 Å². The van der Waals surface area contributed by atoms with Gasteiger partial charge in [0, 0.05) is 26.3 Å². The molecule has 3 heterocycles. The van der Waals surface area contributed by atoms with E-state index in [4.69, 9.17) is 0 Å². The molecule has 8 heteroatoms. The van der Waals surface area contributed by atoms with Crippen molar-refractivity contribution in [1.29, 1.82) is 0 Å². The predicted octanol–water partition coefficient (Wildman–Crippen LogP) is 1.45. The number of rotatable bonds is 4. The van der Waals surface area contributed by atoms with E-state index < -0.39 is 10.0 Å². The number of aryl methyl sites for hydroxylation is 1. The molecule has 1 atom stereocenters. The van der Waals surface area contributed by atoms with Crippen LogP contribution >= 0.6 is 0 Å². The minimum absolute atomic E-state index is 0.216. The van der Waals surface area contributed by atoms with Gasteiger partial charge in [0.2, 0.25) is 10.0 Å². The second-order valence-corrected chi connectivity index (χ2v) is 9.33. The van der Waals surface area contributed by atoms with Crippen LogP contribution < -0.4 is 5.32 Å². The maximum Gasteiger partial charge on any atom is 0.246 e. The Labute approximate surface area is 156 Å². The second kappa shape index (κ2) is 7.17. The highest BCUT2D eigenvalue weighted by Gasteiger charge is 2.33. The molecule has 0 aromatic carbocycles. The molecule has 0 spiro atoms. The number of sulfonamides is 1. The molecule has 0 bridgehead atoms. The third-order valence-corrected chi connectivity index (χ3v) is 7.53. The maximum atomic E-state index is 12.9. The molecular weight excluding hydrogens is 350 g/mol. The first-order valence-electron chi connectivity index (χ1n) is 9.02. The molecule has 2 aliphatic rings. The molecule has 1 aromatic rings. The largest absolute Gasteiger partial charge is 0.372 e. The fraction of sp³-hybridized carbons (Fsp3) is 0.611. The molecular formula is C18H29N5O2S. The number of hydrogen-bond donors (Lipinski definition) is 1. The zero-order chi connectivity index (χ0) is 19.1. The summed E-state index contributed by atoms with van der Waals surface area (Å²) >= 11 is 0. The summed E-state index contributed by atoms with van der Waals surface area (Å²) in [6.45, 7) is 5.03. The summed E-state index contributed by atoms with van der Waals surface area (Å²) in [6, 6.07) is 0. The molecule has 0 radical (unpaired) electrons.